The largest absolute Gasteiger partial charge is 0.455 e. The van der Waals surface area contributed by atoms with Gasteiger partial charge in [0.2, 0.25) is 5.95 Å². The summed E-state index contributed by atoms with van der Waals surface area (Å²) in [6, 6.07) is 68.0. The van der Waals surface area contributed by atoms with Crippen LogP contribution in [0.1, 0.15) is 0 Å². The lowest BCUT2D eigenvalue weighted by molar-refractivity contribution is 0.670. The van der Waals surface area contributed by atoms with Crippen molar-refractivity contribution in [2.75, 3.05) is 0 Å². The Morgan fingerprint density at radius 1 is 0.362 bits per heavy atom. The maximum Gasteiger partial charge on any atom is 0.238 e. The maximum absolute atomic E-state index is 6.80. The topological polar surface area (TPSA) is 56.7 Å². The number of para-hydroxylation sites is 1. The minimum atomic E-state index is 0.564. The highest BCUT2D eigenvalue weighted by Crippen LogP contribution is 2.43. The predicted octanol–water partition coefficient (Wildman–Crippen LogP) is 13.8. The van der Waals surface area contributed by atoms with Crippen LogP contribution in [-0.4, -0.2) is 19.5 Å². The first kappa shape index (κ1) is 32.4. The fourth-order valence-electron chi connectivity index (χ4n) is 8.63. The summed E-state index contributed by atoms with van der Waals surface area (Å²) in [6.07, 6.45) is 0. The molecule has 0 amide bonds. The molecule has 9 aromatic carbocycles. The van der Waals surface area contributed by atoms with Crippen molar-refractivity contribution in [3.8, 4) is 51.0 Å². The molecule has 12 aromatic rings. The summed E-state index contributed by atoms with van der Waals surface area (Å²) in [6.45, 7) is 0. The average molecular weight is 741 g/mol. The summed E-state index contributed by atoms with van der Waals surface area (Å²) in [5, 5.41) is 9.03. The van der Waals surface area contributed by atoms with Crippen LogP contribution in [0.5, 0.6) is 0 Å². The van der Waals surface area contributed by atoms with Crippen LogP contribution in [0.2, 0.25) is 0 Å². The maximum atomic E-state index is 6.80. The summed E-state index contributed by atoms with van der Waals surface area (Å²) in [7, 11) is 0. The van der Waals surface area contributed by atoms with Gasteiger partial charge in [0.15, 0.2) is 11.6 Å². The van der Waals surface area contributed by atoms with Gasteiger partial charge in [0, 0.05) is 38.2 Å². The van der Waals surface area contributed by atoms with Crippen LogP contribution in [-0.2, 0) is 0 Å². The number of aromatic nitrogens is 4. The summed E-state index contributed by atoms with van der Waals surface area (Å²) in [5.41, 5.74) is 10.1. The van der Waals surface area contributed by atoms with E-state index >= 15 is 0 Å². The van der Waals surface area contributed by atoms with Crippen molar-refractivity contribution in [1.29, 1.82) is 0 Å². The number of fused-ring (bicyclic) bond motifs is 9. The SMILES string of the molecule is c1ccc(-c2ccc(-c3cc4ccccc4c4c3oc3ccc(-c5nc(-c6ccccc6)nc(-n6c7ccccc7c7cc8ccccc8cc76)n5)cc34)cc2)cc1. The van der Waals surface area contributed by atoms with E-state index in [9.17, 15) is 0 Å². The van der Waals surface area contributed by atoms with Gasteiger partial charge in [-0.1, -0.05) is 152 Å². The van der Waals surface area contributed by atoms with Gasteiger partial charge in [0.25, 0.3) is 0 Å². The van der Waals surface area contributed by atoms with Crippen LogP contribution in [0.3, 0.4) is 0 Å². The fourth-order valence-corrected chi connectivity index (χ4v) is 8.63. The molecular formula is C53H32N4O. The predicted molar refractivity (Wildman–Crippen MR) is 238 cm³/mol. The Hall–Kier alpha value is -7.89. The Kier molecular flexibility index (Phi) is 7.16. The van der Waals surface area contributed by atoms with E-state index in [1.54, 1.807) is 0 Å². The molecule has 0 aliphatic rings. The Labute approximate surface area is 333 Å². The summed E-state index contributed by atoms with van der Waals surface area (Å²) >= 11 is 0. The van der Waals surface area contributed by atoms with E-state index < -0.39 is 0 Å². The van der Waals surface area contributed by atoms with Crippen molar-refractivity contribution in [3.05, 3.63) is 194 Å². The second-order valence-electron chi connectivity index (χ2n) is 14.8. The average Bonchev–Trinajstić information content (AvgIpc) is 3.84. The fraction of sp³-hybridized carbons (Fsp3) is 0. The van der Waals surface area contributed by atoms with Crippen molar-refractivity contribution >= 4 is 65.3 Å². The number of rotatable bonds is 5. The molecule has 0 saturated heterocycles. The summed E-state index contributed by atoms with van der Waals surface area (Å²) < 4.78 is 8.99. The molecule has 3 aromatic heterocycles. The zero-order valence-corrected chi connectivity index (χ0v) is 31.2. The molecule has 0 radical (unpaired) electrons. The molecule has 270 valence electrons. The van der Waals surface area contributed by atoms with Crippen LogP contribution in [0.25, 0.3) is 116 Å². The van der Waals surface area contributed by atoms with E-state index in [-0.39, 0.29) is 0 Å². The second kappa shape index (κ2) is 12.8. The van der Waals surface area contributed by atoms with E-state index in [4.69, 9.17) is 19.4 Å². The zero-order valence-electron chi connectivity index (χ0n) is 31.2. The van der Waals surface area contributed by atoms with Crippen LogP contribution in [0, 0.1) is 0 Å². The third kappa shape index (κ3) is 5.14. The molecule has 0 N–H and O–H groups in total. The third-order valence-corrected chi connectivity index (χ3v) is 11.4. The number of nitrogens with zero attached hydrogens (tertiary/aromatic N) is 4. The van der Waals surface area contributed by atoms with Crippen molar-refractivity contribution in [2.45, 2.75) is 0 Å². The third-order valence-electron chi connectivity index (χ3n) is 11.4. The van der Waals surface area contributed by atoms with Crippen LogP contribution in [0.15, 0.2) is 199 Å². The lowest BCUT2D eigenvalue weighted by atomic mass is 9.95. The summed E-state index contributed by atoms with van der Waals surface area (Å²) in [5.74, 6) is 1.76. The molecule has 0 saturated carbocycles. The molecule has 0 unspecified atom stereocenters. The van der Waals surface area contributed by atoms with Crippen LogP contribution < -0.4 is 0 Å². The molecule has 0 spiro atoms. The molecule has 5 nitrogen and oxygen atoms in total. The van der Waals surface area contributed by atoms with Gasteiger partial charge in [-0.25, -0.2) is 4.98 Å². The Morgan fingerprint density at radius 2 is 0.948 bits per heavy atom. The molecule has 0 fully saturated rings. The van der Waals surface area contributed by atoms with E-state index in [2.05, 4.69) is 174 Å². The first-order chi connectivity index (χ1) is 28.7. The van der Waals surface area contributed by atoms with Gasteiger partial charge >= 0.3 is 0 Å². The van der Waals surface area contributed by atoms with E-state index in [1.165, 1.54) is 16.5 Å². The van der Waals surface area contributed by atoms with Gasteiger partial charge in [-0.05, 0) is 80.7 Å². The highest BCUT2D eigenvalue weighted by Gasteiger charge is 2.21. The highest BCUT2D eigenvalue weighted by molar-refractivity contribution is 6.23. The van der Waals surface area contributed by atoms with Crippen LogP contribution in [0.4, 0.5) is 0 Å². The van der Waals surface area contributed by atoms with E-state index in [0.717, 1.165) is 82.2 Å². The highest BCUT2D eigenvalue weighted by atomic mass is 16.3. The molecule has 0 bridgehead atoms. The Bertz CT molecular complexity index is 3550. The number of furan rings is 1. The molecule has 0 aliphatic carbocycles. The zero-order chi connectivity index (χ0) is 38.2. The lowest BCUT2D eigenvalue weighted by Gasteiger charge is -2.11. The standard InChI is InChI=1S/C53H32N4O/c1-3-13-33(14-4-1)34-23-25-35(26-24-34)43-30-39-19-9-10-20-41(39)49-45-31-40(27-28-48(45)58-50(43)49)52-54-51(36-15-5-2-6-16-36)55-53(56-52)57-46-22-12-11-21-42(46)44-29-37-17-7-8-18-38(37)32-47(44)57/h1-32H. The Morgan fingerprint density at radius 3 is 1.72 bits per heavy atom. The monoisotopic (exact) mass is 740 g/mol. The molecule has 3 heterocycles. The second-order valence-corrected chi connectivity index (χ2v) is 14.8. The molecule has 5 heteroatoms. The van der Waals surface area contributed by atoms with Gasteiger partial charge in [0.1, 0.15) is 11.2 Å². The molecule has 0 aliphatic heterocycles. The summed E-state index contributed by atoms with van der Waals surface area (Å²) in [4.78, 5) is 15.6. The van der Waals surface area contributed by atoms with Crippen molar-refractivity contribution < 1.29 is 4.42 Å². The first-order valence-corrected chi connectivity index (χ1v) is 19.5. The van der Waals surface area contributed by atoms with Crippen molar-refractivity contribution in [1.82, 2.24) is 19.5 Å². The number of hydrogen-bond donors (Lipinski definition) is 0. The van der Waals surface area contributed by atoms with Gasteiger partial charge in [-0.2, -0.15) is 9.97 Å². The van der Waals surface area contributed by atoms with E-state index in [0.29, 0.717) is 17.6 Å². The van der Waals surface area contributed by atoms with Gasteiger partial charge < -0.3 is 4.42 Å². The number of benzene rings is 9. The van der Waals surface area contributed by atoms with Crippen LogP contribution >= 0.6 is 0 Å². The molecular weight excluding hydrogens is 709 g/mol. The molecule has 0 atom stereocenters. The van der Waals surface area contributed by atoms with Crippen molar-refractivity contribution in [2.24, 2.45) is 0 Å². The van der Waals surface area contributed by atoms with Crippen molar-refractivity contribution in [3.63, 3.8) is 0 Å². The molecule has 12 rings (SSSR count). The first-order valence-electron chi connectivity index (χ1n) is 19.5. The Balaban J connectivity index is 1.08. The smallest absolute Gasteiger partial charge is 0.238 e. The van der Waals surface area contributed by atoms with Gasteiger partial charge in [-0.3, -0.25) is 4.57 Å². The number of hydrogen-bond acceptors (Lipinski definition) is 4. The minimum Gasteiger partial charge on any atom is -0.455 e. The van der Waals surface area contributed by atoms with E-state index in [1.807, 2.05) is 24.3 Å². The molecule has 58 heavy (non-hydrogen) atoms. The van der Waals surface area contributed by atoms with Gasteiger partial charge in [0.05, 0.1) is 11.0 Å². The minimum absolute atomic E-state index is 0.564. The lowest BCUT2D eigenvalue weighted by Crippen LogP contribution is -2.06. The quantitative estimate of drug-likeness (QED) is 0.176. The van der Waals surface area contributed by atoms with Gasteiger partial charge in [-0.15, -0.1) is 0 Å². The normalized spacial score (nSPS) is 11.8.